The van der Waals surface area contributed by atoms with E-state index >= 15 is 0 Å². The Labute approximate surface area is 157 Å². The number of Topliss-reactive ketones (excluding diaryl/α,β-unsaturated/α-hetero) is 1. The molecule has 2 aromatic carbocycles. The van der Waals surface area contributed by atoms with E-state index in [0.29, 0.717) is 16.1 Å². The highest BCUT2D eigenvalue weighted by Crippen LogP contribution is 2.29. The zero-order valence-corrected chi connectivity index (χ0v) is 16.2. The number of ketones is 1. The van der Waals surface area contributed by atoms with Gasteiger partial charge in [-0.3, -0.25) is 14.2 Å². The molecule has 0 spiro atoms. The molecule has 3 rings (SSSR count). The third-order valence-corrected chi connectivity index (χ3v) is 5.57. The summed E-state index contributed by atoms with van der Waals surface area (Å²) in [4.78, 5) is 29.8. The lowest BCUT2D eigenvalue weighted by Gasteiger charge is -2.19. The molecule has 0 amide bonds. The summed E-state index contributed by atoms with van der Waals surface area (Å²) >= 11 is 1.32. The van der Waals surface area contributed by atoms with Gasteiger partial charge in [0.05, 0.1) is 21.8 Å². The Morgan fingerprint density at radius 3 is 2.38 bits per heavy atom. The standard InChI is InChI=1S/C21H22N2O2S/c1-13(2)16-9-6-8-12-19(16)23-20(25)17-10-5-7-11-18(17)22-21(23)26-15(4)14(3)24/h5-13,15H,1-4H3. The van der Waals surface area contributed by atoms with Crippen molar-refractivity contribution in [2.75, 3.05) is 0 Å². The fourth-order valence-corrected chi connectivity index (χ4v) is 3.74. The summed E-state index contributed by atoms with van der Waals surface area (Å²) in [5.41, 5.74) is 2.43. The fraction of sp³-hybridized carbons (Fsp3) is 0.286. The molecule has 5 heteroatoms. The fourth-order valence-electron chi connectivity index (χ4n) is 2.82. The Morgan fingerprint density at radius 2 is 1.69 bits per heavy atom. The summed E-state index contributed by atoms with van der Waals surface area (Å²) in [7, 11) is 0. The van der Waals surface area contributed by atoms with Gasteiger partial charge in [-0.15, -0.1) is 0 Å². The molecule has 3 aromatic rings. The van der Waals surface area contributed by atoms with Gasteiger partial charge in [0.15, 0.2) is 5.16 Å². The quantitative estimate of drug-likeness (QED) is 0.490. The van der Waals surface area contributed by atoms with Gasteiger partial charge in [0.1, 0.15) is 5.78 Å². The van der Waals surface area contributed by atoms with Crippen LogP contribution in [0.25, 0.3) is 16.6 Å². The maximum Gasteiger partial charge on any atom is 0.266 e. The maximum absolute atomic E-state index is 13.3. The molecule has 0 fully saturated rings. The van der Waals surface area contributed by atoms with Crippen LogP contribution in [0.15, 0.2) is 58.5 Å². The molecule has 1 atom stereocenters. The van der Waals surface area contributed by atoms with Crippen LogP contribution in [0.1, 0.15) is 39.2 Å². The van der Waals surface area contributed by atoms with Gasteiger partial charge in [0, 0.05) is 0 Å². The summed E-state index contributed by atoms with van der Waals surface area (Å²) in [6.07, 6.45) is 0. The predicted octanol–water partition coefficient (Wildman–Crippen LogP) is 4.58. The molecule has 0 radical (unpaired) electrons. The van der Waals surface area contributed by atoms with Gasteiger partial charge in [0.25, 0.3) is 5.56 Å². The van der Waals surface area contributed by atoms with Crippen LogP contribution in [0.3, 0.4) is 0 Å². The number of nitrogens with zero attached hydrogens (tertiary/aromatic N) is 2. The number of hydrogen-bond acceptors (Lipinski definition) is 4. The van der Waals surface area contributed by atoms with Gasteiger partial charge in [-0.25, -0.2) is 4.98 Å². The van der Waals surface area contributed by atoms with Crippen molar-refractivity contribution in [3.05, 3.63) is 64.4 Å². The number of rotatable bonds is 5. The number of thioether (sulfide) groups is 1. The van der Waals surface area contributed by atoms with E-state index in [-0.39, 0.29) is 22.5 Å². The number of carbonyl (C=O) groups is 1. The summed E-state index contributed by atoms with van der Waals surface area (Å²) < 4.78 is 1.65. The van der Waals surface area contributed by atoms with Crippen LogP contribution in [0.5, 0.6) is 0 Å². The van der Waals surface area contributed by atoms with E-state index in [4.69, 9.17) is 4.98 Å². The Morgan fingerprint density at radius 1 is 1.04 bits per heavy atom. The van der Waals surface area contributed by atoms with E-state index in [9.17, 15) is 9.59 Å². The van der Waals surface area contributed by atoms with Gasteiger partial charge in [-0.05, 0) is 43.5 Å². The molecule has 4 nitrogen and oxygen atoms in total. The van der Waals surface area contributed by atoms with Crippen LogP contribution in [0.2, 0.25) is 0 Å². The van der Waals surface area contributed by atoms with Crippen molar-refractivity contribution in [1.82, 2.24) is 9.55 Å². The number of aromatic nitrogens is 2. The minimum absolute atomic E-state index is 0.0566. The molecule has 0 bridgehead atoms. The van der Waals surface area contributed by atoms with Crippen molar-refractivity contribution in [3.8, 4) is 5.69 Å². The van der Waals surface area contributed by atoms with E-state index in [1.54, 1.807) is 17.6 Å². The molecule has 0 aliphatic rings. The molecule has 1 aromatic heterocycles. The Balaban J connectivity index is 2.34. The highest BCUT2D eigenvalue weighted by atomic mass is 32.2. The van der Waals surface area contributed by atoms with Gasteiger partial charge >= 0.3 is 0 Å². The topological polar surface area (TPSA) is 52.0 Å². The predicted molar refractivity (Wildman–Crippen MR) is 107 cm³/mol. The van der Waals surface area contributed by atoms with E-state index in [1.807, 2.05) is 49.4 Å². The van der Waals surface area contributed by atoms with E-state index in [0.717, 1.165) is 11.3 Å². The first kappa shape index (κ1) is 18.4. The third kappa shape index (κ3) is 3.44. The molecule has 134 valence electrons. The first-order valence-electron chi connectivity index (χ1n) is 8.68. The number of hydrogen-bond donors (Lipinski definition) is 0. The zero-order chi connectivity index (χ0) is 18.8. The smallest absolute Gasteiger partial charge is 0.266 e. The lowest BCUT2D eigenvalue weighted by molar-refractivity contribution is -0.116. The van der Waals surface area contributed by atoms with Crippen LogP contribution >= 0.6 is 11.8 Å². The maximum atomic E-state index is 13.3. The lowest BCUT2D eigenvalue weighted by atomic mass is 10.0. The Kier molecular flexibility index (Phi) is 5.28. The van der Waals surface area contributed by atoms with Crippen molar-refractivity contribution in [3.63, 3.8) is 0 Å². The highest BCUT2D eigenvalue weighted by molar-refractivity contribution is 8.00. The van der Waals surface area contributed by atoms with Gasteiger partial charge in [0.2, 0.25) is 0 Å². The first-order valence-corrected chi connectivity index (χ1v) is 9.56. The molecular weight excluding hydrogens is 344 g/mol. The zero-order valence-electron chi connectivity index (χ0n) is 15.4. The molecule has 1 heterocycles. The van der Waals surface area contributed by atoms with Crippen LogP contribution in [-0.4, -0.2) is 20.6 Å². The minimum atomic E-state index is -0.277. The summed E-state index contributed by atoms with van der Waals surface area (Å²) in [6, 6.07) is 15.2. The summed E-state index contributed by atoms with van der Waals surface area (Å²) in [6.45, 7) is 7.60. The number of carbonyl (C=O) groups excluding carboxylic acids is 1. The van der Waals surface area contributed by atoms with E-state index < -0.39 is 0 Å². The van der Waals surface area contributed by atoms with Crippen LogP contribution in [0, 0.1) is 0 Å². The third-order valence-electron chi connectivity index (χ3n) is 4.40. The second-order valence-corrected chi connectivity index (χ2v) is 7.94. The van der Waals surface area contributed by atoms with Gasteiger partial charge in [-0.2, -0.15) is 0 Å². The first-order chi connectivity index (χ1) is 12.4. The second kappa shape index (κ2) is 7.46. The molecule has 0 N–H and O–H groups in total. The average molecular weight is 366 g/mol. The van der Waals surface area contributed by atoms with E-state index in [2.05, 4.69) is 13.8 Å². The highest BCUT2D eigenvalue weighted by Gasteiger charge is 2.20. The number of benzene rings is 2. The van der Waals surface area contributed by atoms with Crippen LogP contribution in [-0.2, 0) is 4.79 Å². The van der Waals surface area contributed by atoms with Crippen LogP contribution in [0.4, 0.5) is 0 Å². The van der Waals surface area contributed by atoms with Gasteiger partial charge < -0.3 is 0 Å². The average Bonchev–Trinajstić information content (AvgIpc) is 2.62. The lowest BCUT2D eigenvalue weighted by Crippen LogP contribution is -2.24. The minimum Gasteiger partial charge on any atom is -0.299 e. The second-order valence-electron chi connectivity index (χ2n) is 6.64. The normalized spacial score (nSPS) is 12.5. The van der Waals surface area contributed by atoms with Crippen LogP contribution < -0.4 is 5.56 Å². The number of fused-ring (bicyclic) bond motifs is 1. The van der Waals surface area contributed by atoms with E-state index in [1.165, 1.54) is 11.8 Å². The SMILES string of the molecule is CC(=O)C(C)Sc1nc2ccccc2c(=O)n1-c1ccccc1C(C)C. The molecule has 26 heavy (non-hydrogen) atoms. The molecule has 0 saturated carbocycles. The van der Waals surface area contributed by atoms with Crippen molar-refractivity contribution in [2.45, 2.75) is 44.0 Å². The Hall–Kier alpha value is -2.40. The van der Waals surface area contributed by atoms with Crippen molar-refractivity contribution < 1.29 is 4.79 Å². The summed E-state index contributed by atoms with van der Waals surface area (Å²) in [5, 5.41) is 0.843. The molecule has 0 saturated heterocycles. The molecule has 0 aliphatic carbocycles. The van der Waals surface area contributed by atoms with Gasteiger partial charge in [-0.1, -0.05) is 55.9 Å². The number of para-hydroxylation sites is 2. The molecular formula is C21H22N2O2S. The molecule has 1 unspecified atom stereocenters. The Bertz CT molecular complexity index is 1020. The van der Waals surface area contributed by atoms with Crippen molar-refractivity contribution >= 4 is 28.4 Å². The monoisotopic (exact) mass is 366 g/mol. The summed E-state index contributed by atoms with van der Waals surface area (Å²) in [5.74, 6) is 0.314. The van der Waals surface area contributed by atoms with Crippen molar-refractivity contribution in [1.29, 1.82) is 0 Å². The largest absolute Gasteiger partial charge is 0.299 e. The molecule has 0 aliphatic heterocycles. The van der Waals surface area contributed by atoms with Crippen molar-refractivity contribution in [2.24, 2.45) is 0 Å².